The van der Waals surface area contributed by atoms with Gasteiger partial charge in [-0.05, 0) is 76.9 Å². The lowest BCUT2D eigenvalue weighted by molar-refractivity contribution is 0.0580. The lowest BCUT2D eigenvalue weighted by atomic mass is 10.1. The highest BCUT2D eigenvalue weighted by Gasteiger charge is 2.17. The summed E-state index contributed by atoms with van der Waals surface area (Å²) in [6.07, 6.45) is 1.75. The van der Waals surface area contributed by atoms with E-state index in [9.17, 15) is 19.2 Å². The molecule has 0 radical (unpaired) electrons. The van der Waals surface area contributed by atoms with Crippen molar-refractivity contribution in [3.05, 3.63) is 130 Å². The predicted octanol–water partition coefficient (Wildman–Crippen LogP) is 6.21. The van der Waals surface area contributed by atoms with E-state index in [-0.39, 0.29) is 53.6 Å². The largest absolute Gasteiger partial charge is 0.489 e. The molecule has 0 fully saturated rings. The second-order valence-electron chi connectivity index (χ2n) is 10.3. The van der Waals surface area contributed by atoms with Gasteiger partial charge in [0.2, 0.25) is 0 Å². The SMILES string of the molecule is C=Cc1ccc(COc2cc(COc3cc(C(=O)OC)cc(C(=O)OC)c3)cc(COc3cc(C(=O)OC)cc(C(=O)OC)c3)c2)cc1. The summed E-state index contributed by atoms with van der Waals surface area (Å²) in [6.45, 7) is 4.09. The molecule has 0 spiro atoms. The third-order valence-electron chi connectivity index (χ3n) is 6.96. The van der Waals surface area contributed by atoms with Gasteiger partial charge in [0.05, 0.1) is 50.7 Å². The van der Waals surface area contributed by atoms with Gasteiger partial charge in [0.25, 0.3) is 0 Å². The first-order valence-electron chi connectivity index (χ1n) is 14.5. The summed E-state index contributed by atoms with van der Waals surface area (Å²) < 4.78 is 37.4. The van der Waals surface area contributed by atoms with Crippen LogP contribution in [0, 0.1) is 0 Å². The van der Waals surface area contributed by atoms with Crippen molar-refractivity contribution in [3.63, 3.8) is 0 Å². The predicted molar refractivity (Wildman–Crippen MR) is 174 cm³/mol. The monoisotopic (exact) mass is 654 g/mol. The number of hydrogen-bond acceptors (Lipinski definition) is 11. The molecule has 0 unspecified atom stereocenters. The van der Waals surface area contributed by atoms with Crippen molar-refractivity contribution < 1.29 is 52.3 Å². The molecular weight excluding hydrogens is 620 g/mol. The van der Waals surface area contributed by atoms with Gasteiger partial charge in [0, 0.05) is 0 Å². The Morgan fingerprint density at radius 2 is 0.812 bits per heavy atom. The molecule has 0 bridgehead atoms. The maximum absolute atomic E-state index is 12.2. The van der Waals surface area contributed by atoms with Crippen LogP contribution in [0.3, 0.4) is 0 Å². The molecule has 0 aliphatic carbocycles. The summed E-state index contributed by atoms with van der Waals surface area (Å²) in [5, 5.41) is 0. The zero-order valence-electron chi connectivity index (χ0n) is 26.9. The fourth-order valence-electron chi connectivity index (χ4n) is 4.54. The van der Waals surface area contributed by atoms with Crippen LogP contribution in [0.4, 0.5) is 0 Å². The number of carbonyl (C=O) groups is 4. The molecule has 11 nitrogen and oxygen atoms in total. The van der Waals surface area contributed by atoms with Crippen molar-refractivity contribution >= 4 is 30.0 Å². The van der Waals surface area contributed by atoms with Gasteiger partial charge in [0.1, 0.15) is 37.1 Å². The quantitative estimate of drug-likeness (QED) is 0.113. The second-order valence-corrected chi connectivity index (χ2v) is 10.3. The van der Waals surface area contributed by atoms with E-state index in [1.165, 1.54) is 64.8 Å². The van der Waals surface area contributed by atoms with Gasteiger partial charge in [-0.15, -0.1) is 0 Å². The highest BCUT2D eigenvalue weighted by atomic mass is 16.5. The fourth-order valence-corrected chi connectivity index (χ4v) is 4.54. The third-order valence-corrected chi connectivity index (χ3v) is 6.96. The molecule has 0 aliphatic heterocycles. The standard InChI is InChI=1S/C37H34O11/c1-6-23-7-9-24(10-8-23)20-46-31-12-25(21-47-32-16-27(34(38)42-2)14-28(17-32)35(39)43-3)11-26(13-31)22-48-33-18-29(36(40)44-4)15-30(19-33)37(41)45-5/h6-19H,1,20-22H2,2-5H3. The molecule has 11 heteroatoms. The molecule has 0 N–H and O–H groups in total. The summed E-state index contributed by atoms with van der Waals surface area (Å²) in [5.74, 6) is -1.60. The van der Waals surface area contributed by atoms with E-state index in [0.29, 0.717) is 16.9 Å². The Hall–Kier alpha value is -6.10. The number of rotatable bonds is 14. The highest BCUT2D eigenvalue weighted by Crippen LogP contribution is 2.25. The van der Waals surface area contributed by atoms with Gasteiger partial charge in [-0.25, -0.2) is 19.2 Å². The Balaban J connectivity index is 1.62. The number of hydrogen-bond donors (Lipinski definition) is 0. The van der Waals surface area contributed by atoms with Gasteiger partial charge in [-0.1, -0.05) is 36.9 Å². The van der Waals surface area contributed by atoms with E-state index in [1.54, 1.807) is 18.2 Å². The topological polar surface area (TPSA) is 133 Å². The van der Waals surface area contributed by atoms with Crippen molar-refractivity contribution in [1.29, 1.82) is 0 Å². The van der Waals surface area contributed by atoms with E-state index in [1.807, 2.05) is 30.3 Å². The minimum atomic E-state index is -0.645. The maximum atomic E-state index is 12.2. The summed E-state index contributed by atoms with van der Waals surface area (Å²) >= 11 is 0. The average molecular weight is 655 g/mol. The smallest absolute Gasteiger partial charge is 0.338 e. The van der Waals surface area contributed by atoms with Crippen LogP contribution in [-0.4, -0.2) is 52.3 Å². The van der Waals surface area contributed by atoms with Gasteiger partial charge in [0.15, 0.2) is 0 Å². The molecule has 0 saturated heterocycles. The van der Waals surface area contributed by atoms with Crippen molar-refractivity contribution in [2.45, 2.75) is 19.8 Å². The summed E-state index contributed by atoms with van der Waals surface area (Å²) in [4.78, 5) is 49.0. The minimum Gasteiger partial charge on any atom is -0.489 e. The van der Waals surface area contributed by atoms with Crippen LogP contribution in [-0.2, 0) is 38.8 Å². The second kappa shape index (κ2) is 16.5. The van der Waals surface area contributed by atoms with E-state index < -0.39 is 23.9 Å². The maximum Gasteiger partial charge on any atom is 0.338 e. The van der Waals surface area contributed by atoms with Crippen molar-refractivity contribution in [1.82, 2.24) is 0 Å². The molecule has 248 valence electrons. The number of ether oxygens (including phenoxy) is 7. The van der Waals surface area contributed by atoms with E-state index >= 15 is 0 Å². The number of methoxy groups -OCH3 is 4. The highest BCUT2D eigenvalue weighted by molar-refractivity contribution is 5.96. The van der Waals surface area contributed by atoms with Crippen molar-refractivity contribution in [2.24, 2.45) is 0 Å². The molecular formula is C37H34O11. The summed E-state index contributed by atoms with van der Waals surface area (Å²) in [5.41, 5.74) is 3.73. The first-order valence-corrected chi connectivity index (χ1v) is 14.5. The van der Waals surface area contributed by atoms with Gasteiger partial charge in [-0.2, -0.15) is 0 Å². The van der Waals surface area contributed by atoms with Crippen LogP contribution in [0.15, 0.2) is 85.4 Å². The summed E-state index contributed by atoms with van der Waals surface area (Å²) in [7, 11) is 4.94. The number of esters is 4. The molecule has 0 aliphatic rings. The number of carbonyl (C=O) groups excluding carboxylic acids is 4. The normalized spacial score (nSPS) is 10.3. The molecule has 0 heterocycles. The van der Waals surface area contributed by atoms with Crippen LogP contribution >= 0.6 is 0 Å². The Morgan fingerprint density at radius 3 is 1.15 bits per heavy atom. The molecule has 0 aromatic heterocycles. The van der Waals surface area contributed by atoms with Gasteiger partial charge >= 0.3 is 23.9 Å². The van der Waals surface area contributed by atoms with Crippen LogP contribution in [0.25, 0.3) is 6.08 Å². The molecule has 0 amide bonds. The van der Waals surface area contributed by atoms with E-state index in [4.69, 9.17) is 33.2 Å². The first kappa shape index (κ1) is 34.8. The van der Waals surface area contributed by atoms with Gasteiger partial charge < -0.3 is 33.2 Å². The van der Waals surface area contributed by atoms with Crippen LogP contribution < -0.4 is 14.2 Å². The average Bonchev–Trinajstić information content (AvgIpc) is 3.13. The molecule has 4 rings (SSSR count). The molecule has 0 atom stereocenters. The van der Waals surface area contributed by atoms with Crippen molar-refractivity contribution in [2.75, 3.05) is 28.4 Å². The third kappa shape index (κ3) is 9.23. The van der Waals surface area contributed by atoms with Crippen LogP contribution in [0.1, 0.15) is 63.7 Å². The lowest BCUT2D eigenvalue weighted by Crippen LogP contribution is -2.08. The van der Waals surface area contributed by atoms with E-state index in [0.717, 1.165) is 11.1 Å². The molecule has 0 saturated carbocycles. The van der Waals surface area contributed by atoms with E-state index in [2.05, 4.69) is 6.58 Å². The molecule has 4 aromatic rings. The zero-order valence-corrected chi connectivity index (χ0v) is 26.9. The fraction of sp³-hybridized carbons (Fsp3) is 0.189. The van der Waals surface area contributed by atoms with Crippen molar-refractivity contribution in [3.8, 4) is 17.2 Å². The van der Waals surface area contributed by atoms with Gasteiger partial charge in [-0.3, -0.25) is 0 Å². The molecule has 48 heavy (non-hydrogen) atoms. The summed E-state index contributed by atoms with van der Waals surface area (Å²) in [6, 6.07) is 21.7. The number of benzene rings is 4. The lowest BCUT2D eigenvalue weighted by Gasteiger charge is -2.15. The minimum absolute atomic E-state index is 0.0216. The Morgan fingerprint density at radius 1 is 0.479 bits per heavy atom. The van der Waals surface area contributed by atoms with Crippen LogP contribution in [0.2, 0.25) is 0 Å². The molecule has 4 aromatic carbocycles. The zero-order chi connectivity index (χ0) is 34.6. The van der Waals surface area contributed by atoms with Crippen LogP contribution in [0.5, 0.6) is 17.2 Å². The first-order chi connectivity index (χ1) is 23.2. The Labute approximate surface area is 277 Å². The Kier molecular flexibility index (Phi) is 11.9. The Bertz CT molecular complexity index is 1640.